The van der Waals surface area contributed by atoms with Gasteiger partial charge in [0.25, 0.3) is 0 Å². The standard InChI is InChI=1S/C24H30N2O6/c1-5-22-9-6-11-26-12-10-23(19(22)26)16-8-7-15(30-3)13-17(16)25-18(23)24(29,21(28)31-4)20(22)32-14(2)27/h6-9,13,18-20,25,29H,5,10-12H2,1-4H3/t18-,19-,20+,22+,23-,24+/m0/s1. The fourth-order valence-corrected chi connectivity index (χ4v) is 7.18. The van der Waals surface area contributed by atoms with Gasteiger partial charge >= 0.3 is 11.9 Å². The van der Waals surface area contributed by atoms with Gasteiger partial charge in [-0.3, -0.25) is 9.69 Å². The van der Waals surface area contributed by atoms with E-state index in [-0.39, 0.29) is 6.04 Å². The fraction of sp³-hybridized carbons (Fsp3) is 0.583. The van der Waals surface area contributed by atoms with Gasteiger partial charge in [-0.05, 0) is 31.0 Å². The molecule has 2 N–H and O–H groups in total. The maximum atomic E-state index is 13.3. The molecule has 1 saturated carbocycles. The van der Waals surface area contributed by atoms with Crippen molar-refractivity contribution in [3.63, 3.8) is 0 Å². The summed E-state index contributed by atoms with van der Waals surface area (Å²) in [7, 11) is 2.86. The molecule has 1 spiro atoms. The van der Waals surface area contributed by atoms with E-state index < -0.39 is 40.5 Å². The molecule has 172 valence electrons. The third kappa shape index (κ3) is 2.34. The Balaban J connectivity index is 1.82. The van der Waals surface area contributed by atoms with Crippen LogP contribution >= 0.6 is 0 Å². The first kappa shape index (κ1) is 21.3. The van der Waals surface area contributed by atoms with Crippen LogP contribution in [0.2, 0.25) is 0 Å². The third-order valence-corrected chi connectivity index (χ3v) is 8.22. The second-order valence-electron chi connectivity index (χ2n) is 9.35. The van der Waals surface area contributed by atoms with Gasteiger partial charge in [-0.15, -0.1) is 0 Å². The Morgan fingerprint density at radius 2 is 2.09 bits per heavy atom. The van der Waals surface area contributed by atoms with Crippen molar-refractivity contribution < 1.29 is 28.9 Å². The van der Waals surface area contributed by atoms with E-state index in [1.807, 2.05) is 25.1 Å². The predicted molar refractivity (Wildman–Crippen MR) is 116 cm³/mol. The maximum Gasteiger partial charge on any atom is 0.344 e. The summed E-state index contributed by atoms with van der Waals surface area (Å²) in [4.78, 5) is 28.0. The zero-order valence-corrected chi connectivity index (χ0v) is 18.9. The Kier molecular flexibility index (Phi) is 4.63. The molecule has 0 amide bonds. The predicted octanol–water partition coefficient (Wildman–Crippen LogP) is 1.62. The Hall–Kier alpha value is -2.58. The van der Waals surface area contributed by atoms with Crippen LogP contribution in [-0.2, 0) is 24.5 Å². The SMILES string of the molecule is CC[C@]12C=CCN3CC[C@@]4(c5ccc(OC)cc5N[C@@H]4[C@](O)(C(=O)OC)[C@@H]1OC(C)=O)[C@@H]32. The number of carbonyl (C=O) groups excluding carboxylic acids is 2. The number of rotatable bonds is 4. The van der Waals surface area contributed by atoms with Crippen LogP contribution in [0.25, 0.3) is 0 Å². The largest absolute Gasteiger partial charge is 0.497 e. The molecule has 5 rings (SSSR count). The van der Waals surface area contributed by atoms with Crippen LogP contribution < -0.4 is 10.1 Å². The van der Waals surface area contributed by atoms with Crippen LogP contribution in [0, 0.1) is 5.41 Å². The number of carbonyl (C=O) groups is 2. The van der Waals surface area contributed by atoms with E-state index in [1.165, 1.54) is 14.0 Å². The van der Waals surface area contributed by atoms with Gasteiger partial charge in [0, 0.05) is 42.1 Å². The van der Waals surface area contributed by atoms with E-state index in [0.717, 1.165) is 30.8 Å². The summed E-state index contributed by atoms with van der Waals surface area (Å²) < 4.78 is 16.4. The number of esters is 2. The summed E-state index contributed by atoms with van der Waals surface area (Å²) in [6, 6.07) is 5.06. The van der Waals surface area contributed by atoms with Gasteiger partial charge in [-0.25, -0.2) is 4.79 Å². The zero-order chi connectivity index (χ0) is 22.9. The van der Waals surface area contributed by atoms with Crippen LogP contribution in [0.15, 0.2) is 30.4 Å². The van der Waals surface area contributed by atoms with E-state index in [0.29, 0.717) is 12.2 Å². The number of methoxy groups -OCH3 is 2. The van der Waals surface area contributed by atoms with Crippen LogP contribution in [0.5, 0.6) is 5.75 Å². The molecule has 32 heavy (non-hydrogen) atoms. The normalized spacial score (nSPS) is 38.8. The third-order valence-electron chi connectivity index (χ3n) is 8.22. The van der Waals surface area contributed by atoms with E-state index in [2.05, 4.69) is 22.4 Å². The average molecular weight is 443 g/mol. The highest BCUT2D eigenvalue weighted by Gasteiger charge is 2.79. The van der Waals surface area contributed by atoms with Gasteiger partial charge in [-0.1, -0.05) is 25.1 Å². The van der Waals surface area contributed by atoms with E-state index in [9.17, 15) is 14.7 Å². The molecule has 3 aliphatic heterocycles. The minimum atomic E-state index is -2.09. The van der Waals surface area contributed by atoms with E-state index >= 15 is 0 Å². The van der Waals surface area contributed by atoms with Crippen LogP contribution in [0.1, 0.15) is 32.3 Å². The number of hydrogen-bond acceptors (Lipinski definition) is 8. The quantitative estimate of drug-likeness (QED) is 0.536. The summed E-state index contributed by atoms with van der Waals surface area (Å²) in [6.45, 7) is 4.91. The first-order valence-corrected chi connectivity index (χ1v) is 11.1. The van der Waals surface area contributed by atoms with Crippen molar-refractivity contribution in [2.45, 2.75) is 55.9 Å². The van der Waals surface area contributed by atoms with Crippen molar-refractivity contribution in [3.8, 4) is 5.75 Å². The van der Waals surface area contributed by atoms with Crippen LogP contribution in [0.3, 0.4) is 0 Å². The molecule has 1 aromatic rings. The first-order chi connectivity index (χ1) is 15.3. The lowest BCUT2D eigenvalue weighted by molar-refractivity contribution is -0.226. The molecular formula is C24H30N2O6. The van der Waals surface area contributed by atoms with Gasteiger partial charge in [-0.2, -0.15) is 0 Å². The number of benzene rings is 1. The Bertz CT molecular complexity index is 1010. The molecule has 1 aromatic carbocycles. The van der Waals surface area contributed by atoms with Gasteiger partial charge in [0.15, 0.2) is 6.10 Å². The highest BCUT2D eigenvalue weighted by molar-refractivity contribution is 5.86. The first-order valence-electron chi connectivity index (χ1n) is 11.1. The number of anilines is 1. The highest BCUT2D eigenvalue weighted by Crippen LogP contribution is 2.66. The second-order valence-corrected chi connectivity index (χ2v) is 9.35. The maximum absolute atomic E-state index is 13.3. The lowest BCUT2D eigenvalue weighted by atomic mass is 9.48. The monoisotopic (exact) mass is 442 g/mol. The highest BCUT2D eigenvalue weighted by atomic mass is 16.6. The van der Waals surface area contributed by atoms with Crippen molar-refractivity contribution >= 4 is 17.6 Å². The van der Waals surface area contributed by atoms with Crippen LogP contribution in [0.4, 0.5) is 5.69 Å². The van der Waals surface area contributed by atoms with Gasteiger partial charge in [0.2, 0.25) is 5.60 Å². The Morgan fingerprint density at radius 1 is 1.31 bits per heavy atom. The molecular weight excluding hydrogens is 412 g/mol. The minimum absolute atomic E-state index is 0.0635. The summed E-state index contributed by atoms with van der Waals surface area (Å²) in [5, 5.41) is 15.7. The van der Waals surface area contributed by atoms with Crippen molar-refractivity contribution in [1.29, 1.82) is 0 Å². The molecule has 3 heterocycles. The summed E-state index contributed by atoms with van der Waals surface area (Å²) in [5.74, 6) is -0.660. The molecule has 1 aliphatic carbocycles. The molecule has 8 nitrogen and oxygen atoms in total. The average Bonchev–Trinajstić information content (AvgIpc) is 3.35. The fourth-order valence-electron chi connectivity index (χ4n) is 7.18. The lowest BCUT2D eigenvalue weighted by Gasteiger charge is -2.62. The zero-order valence-electron chi connectivity index (χ0n) is 18.9. The van der Waals surface area contributed by atoms with Crippen molar-refractivity contribution in [1.82, 2.24) is 4.90 Å². The molecule has 1 saturated heterocycles. The van der Waals surface area contributed by atoms with E-state index in [4.69, 9.17) is 14.2 Å². The number of fused-ring (bicyclic) bond motifs is 1. The summed E-state index contributed by atoms with van der Waals surface area (Å²) in [5.41, 5.74) is -1.55. The second kappa shape index (κ2) is 6.96. The Morgan fingerprint density at radius 3 is 2.75 bits per heavy atom. The number of nitrogens with one attached hydrogen (secondary N) is 1. The number of nitrogens with zero attached hydrogens (tertiary/aromatic N) is 1. The summed E-state index contributed by atoms with van der Waals surface area (Å²) in [6.07, 6.45) is 4.35. The number of hydrogen-bond donors (Lipinski definition) is 2. The molecule has 0 aromatic heterocycles. The molecule has 0 unspecified atom stereocenters. The van der Waals surface area contributed by atoms with Crippen LogP contribution in [-0.4, -0.2) is 73.0 Å². The molecule has 6 atom stereocenters. The smallest absolute Gasteiger partial charge is 0.344 e. The number of aliphatic hydroxyl groups is 1. The van der Waals surface area contributed by atoms with Gasteiger partial charge < -0.3 is 24.6 Å². The van der Waals surface area contributed by atoms with E-state index in [1.54, 1.807) is 7.11 Å². The summed E-state index contributed by atoms with van der Waals surface area (Å²) >= 11 is 0. The van der Waals surface area contributed by atoms with Crippen molar-refractivity contribution in [2.75, 3.05) is 32.6 Å². The lowest BCUT2D eigenvalue weighted by Crippen LogP contribution is -2.80. The van der Waals surface area contributed by atoms with Gasteiger partial charge in [0.1, 0.15) is 5.75 Å². The van der Waals surface area contributed by atoms with Gasteiger partial charge in [0.05, 0.1) is 20.3 Å². The molecule has 0 radical (unpaired) electrons. The minimum Gasteiger partial charge on any atom is -0.497 e. The topological polar surface area (TPSA) is 97.3 Å². The number of ether oxygens (including phenoxy) is 3. The van der Waals surface area contributed by atoms with Crippen molar-refractivity contribution in [3.05, 3.63) is 35.9 Å². The molecule has 0 bridgehead atoms. The Labute approximate surface area is 187 Å². The molecule has 4 aliphatic rings. The van der Waals surface area contributed by atoms with Crippen molar-refractivity contribution in [2.24, 2.45) is 5.41 Å². The molecule has 2 fully saturated rings. The molecule has 8 heteroatoms.